The molecular formula is C41H49F2N5O5. The number of rotatable bonds is 16. The summed E-state index contributed by atoms with van der Waals surface area (Å²) >= 11 is 0. The van der Waals surface area contributed by atoms with Crippen LogP contribution in [0.2, 0.25) is 0 Å². The van der Waals surface area contributed by atoms with Crippen LogP contribution in [0.1, 0.15) is 68.7 Å². The Balaban J connectivity index is 1.38. The molecule has 12 heteroatoms. The van der Waals surface area contributed by atoms with Crippen LogP contribution in [0, 0.1) is 28.9 Å². The number of hydrogen-bond acceptors (Lipinski definition) is 7. The van der Waals surface area contributed by atoms with E-state index < -0.39 is 47.3 Å². The van der Waals surface area contributed by atoms with Crippen LogP contribution in [-0.4, -0.2) is 76.7 Å². The van der Waals surface area contributed by atoms with Gasteiger partial charge in [-0.25, -0.2) is 8.78 Å². The van der Waals surface area contributed by atoms with Crippen molar-refractivity contribution in [3.05, 3.63) is 107 Å². The van der Waals surface area contributed by atoms with Gasteiger partial charge >= 0.3 is 0 Å². The summed E-state index contributed by atoms with van der Waals surface area (Å²) in [7, 11) is 0. The van der Waals surface area contributed by atoms with Crippen molar-refractivity contribution in [2.24, 2.45) is 5.92 Å². The number of nitrogens with zero attached hydrogens (tertiary/aromatic N) is 2. The van der Waals surface area contributed by atoms with Gasteiger partial charge in [0, 0.05) is 32.1 Å². The van der Waals surface area contributed by atoms with Crippen molar-refractivity contribution in [3.8, 4) is 6.07 Å². The van der Waals surface area contributed by atoms with Gasteiger partial charge in [0.05, 0.1) is 36.5 Å². The highest BCUT2D eigenvalue weighted by atomic mass is 19.1. The number of halogens is 2. The molecule has 4 N–H and O–H groups in total. The first-order valence-corrected chi connectivity index (χ1v) is 18.3. The van der Waals surface area contributed by atoms with E-state index in [1.54, 1.807) is 18.2 Å². The number of hydrogen-bond donors (Lipinski definition) is 4. The predicted molar refractivity (Wildman–Crippen MR) is 195 cm³/mol. The molecule has 3 amide bonds. The van der Waals surface area contributed by atoms with Crippen LogP contribution in [0.25, 0.3) is 0 Å². The summed E-state index contributed by atoms with van der Waals surface area (Å²) in [5.41, 5.74) is 1.41. The quantitative estimate of drug-likeness (QED) is 0.172. The van der Waals surface area contributed by atoms with Gasteiger partial charge in [0.15, 0.2) is 0 Å². The Morgan fingerprint density at radius 3 is 2.47 bits per heavy atom. The molecule has 0 bridgehead atoms. The summed E-state index contributed by atoms with van der Waals surface area (Å²) in [5, 5.41) is 30.3. The van der Waals surface area contributed by atoms with Crippen LogP contribution in [0.3, 0.4) is 0 Å². The monoisotopic (exact) mass is 729 g/mol. The van der Waals surface area contributed by atoms with Gasteiger partial charge < -0.3 is 30.7 Å². The third kappa shape index (κ3) is 9.84. The minimum atomic E-state index is -1.21. The number of nitrogens with one attached hydrogen (secondary N) is 3. The smallest absolute Gasteiger partial charge is 0.249 e. The lowest BCUT2D eigenvalue weighted by molar-refractivity contribution is -0.144. The highest BCUT2D eigenvalue weighted by Crippen LogP contribution is 2.35. The summed E-state index contributed by atoms with van der Waals surface area (Å²) in [6.45, 7) is 6.15. The van der Waals surface area contributed by atoms with Crippen molar-refractivity contribution in [1.82, 2.24) is 20.9 Å². The van der Waals surface area contributed by atoms with Gasteiger partial charge in [-0.15, -0.1) is 0 Å². The summed E-state index contributed by atoms with van der Waals surface area (Å²) < 4.78 is 34.8. The van der Waals surface area contributed by atoms with E-state index in [-0.39, 0.29) is 55.4 Å². The van der Waals surface area contributed by atoms with Crippen molar-refractivity contribution in [2.75, 3.05) is 13.1 Å². The SMILES string of the molecule is CC[C@@H](C)[C@@]1(NC(C)=O)CCN([C@@H](CCc2ccccc2)C(=O)N[C@@H](Cc2cc(F)cc(F)c2)[C@@H](O)[C@H]2C[C@@H](OCc3cccc(C#N)c3)CN2)C1=O. The predicted octanol–water partition coefficient (Wildman–Crippen LogP) is 4.33. The van der Waals surface area contributed by atoms with Gasteiger partial charge in [-0.2, -0.15) is 5.26 Å². The lowest BCUT2D eigenvalue weighted by Crippen LogP contribution is -2.61. The van der Waals surface area contributed by atoms with E-state index in [1.807, 2.05) is 50.2 Å². The first kappa shape index (κ1) is 39.5. The Hall–Kier alpha value is -4.70. The van der Waals surface area contributed by atoms with Gasteiger partial charge in [-0.05, 0) is 79.0 Å². The highest BCUT2D eigenvalue weighted by molar-refractivity contribution is 5.96. The Kier molecular flexibility index (Phi) is 13.3. The van der Waals surface area contributed by atoms with Gasteiger partial charge in [0.25, 0.3) is 0 Å². The number of aliphatic hydroxyl groups is 1. The van der Waals surface area contributed by atoms with Gasteiger partial charge in [0.2, 0.25) is 17.7 Å². The maximum Gasteiger partial charge on any atom is 0.249 e. The van der Waals surface area contributed by atoms with Crippen molar-refractivity contribution in [2.45, 2.75) is 102 Å². The Morgan fingerprint density at radius 2 is 1.79 bits per heavy atom. The largest absolute Gasteiger partial charge is 0.389 e. The third-order valence-electron chi connectivity index (χ3n) is 10.7. The van der Waals surface area contributed by atoms with Crippen LogP contribution in [0.15, 0.2) is 72.8 Å². The molecule has 0 unspecified atom stereocenters. The molecule has 3 aromatic carbocycles. The van der Waals surface area contributed by atoms with Gasteiger partial charge in [0.1, 0.15) is 23.2 Å². The molecule has 10 nitrogen and oxygen atoms in total. The summed E-state index contributed by atoms with van der Waals surface area (Å²) in [5.74, 6) is -2.94. The molecule has 282 valence electrons. The average molecular weight is 730 g/mol. The average Bonchev–Trinajstić information content (AvgIpc) is 3.74. The lowest BCUT2D eigenvalue weighted by Gasteiger charge is -2.36. The Bertz CT molecular complexity index is 1770. The van der Waals surface area contributed by atoms with Crippen LogP contribution >= 0.6 is 0 Å². The maximum atomic E-state index is 14.5. The summed E-state index contributed by atoms with van der Waals surface area (Å²) in [6, 6.07) is 19.4. The van der Waals surface area contributed by atoms with Crippen LogP contribution in [0.5, 0.6) is 0 Å². The highest BCUT2D eigenvalue weighted by Gasteiger charge is 2.53. The zero-order valence-corrected chi connectivity index (χ0v) is 30.5. The summed E-state index contributed by atoms with van der Waals surface area (Å²) in [6.07, 6.45) is 0.508. The van der Waals surface area contributed by atoms with Gasteiger partial charge in [-0.3, -0.25) is 14.4 Å². The zero-order valence-electron chi connectivity index (χ0n) is 30.5. The second-order valence-electron chi connectivity index (χ2n) is 14.3. The first-order valence-electron chi connectivity index (χ1n) is 18.3. The molecule has 5 rings (SSSR count). The second-order valence-corrected chi connectivity index (χ2v) is 14.3. The number of carbonyl (C=O) groups excluding carboxylic acids is 3. The third-order valence-corrected chi connectivity index (χ3v) is 10.7. The summed E-state index contributed by atoms with van der Waals surface area (Å²) in [4.78, 5) is 42.7. The number of aryl methyl sites for hydroxylation is 1. The van der Waals surface area contributed by atoms with Crippen LogP contribution < -0.4 is 16.0 Å². The molecule has 2 saturated heterocycles. The van der Waals surface area contributed by atoms with Gasteiger partial charge in [-0.1, -0.05) is 62.7 Å². The molecule has 0 spiro atoms. The molecule has 2 aliphatic rings. The lowest BCUT2D eigenvalue weighted by atomic mass is 9.81. The number of aliphatic hydroxyl groups excluding tert-OH is 1. The fraction of sp³-hybridized carbons (Fsp3) is 0.463. The molecule has 3 aromatic rings. The minimum Gasteiger partial charge on any atom is -0.389 e. The molecular weight excluding hydrogens is 680 g/mol. The molecule has 0 radical (unpaired) electrons. The molecule has 2 heterocycles. The van der Waals surface area contributed by atoms with Crippen molar-refractivity contribution < 1.29 is 33.0 Å². The zero-order chi connectivity index (χ0) is 38.1. The van der Waals surface area contributed by atoms with E-state index in [9.17, 15) is 33.5 Å². The second kappa shape index (κ2) is 17.9. The molecule has 7 atom stereocenters. The molecule has 0 saturated carbocycles. The molecule has 2 aliphatic heterocycles. The van der Waals surface area contributed by atoms with Crippen molar-refractivity contribution >= 4 is 17.7 Å². The fourth-order valence-corrected chi connectivity index (χ4v) is 7.66. The van der Waals surface area contributed by atoms with E-state index in [2.05, 4.69) is 22.0 Å². The van der Waals surface area contributed by atoms with E-state index in [0.717, 1.165) is 17.2 Å². The number of nitriles is 1. The van der Waals surface area contributed by atoms with Crippen molar-refractivity contribution in [1.29, 1.82) is 5.26 Å². The topological polar surface area (TPSA) is 144 Å². The molecule has 2 fully saturated rings. The number of likely N-dealkylation sites (tertiary alicyclic amines) is 1. The maximum absolute atomic E-state index is 14.5. The fourth-order valence-electron chi connectivity index (χ4n) is 7.66. The van der Waals surface area contributed by atoms with E-state index >= 15 is 0 Å². The number of carbonyl (C=O) groups is 3. The Morgan fingerprint density at radius 1 is 1.08 bits per heavy atom. The molecule has 53 heavy (non-hydrogen) atoms. The Labute approximate surface area is 309 Å². The van der Waals surface area contributed by atoms with E-state index in [1.165, 1.54) is 24.0 Å². The molecule has 0 aliphatic carbocycles. The standard InChI is InChI=1S/C41H49F2N5O5/c1-4-26(2)41(47-27(3)49)15-16-48(40(41)52)37(14-13-28-9-6-5-7-10-28)39(51)46-36(20-31-18-32(42)21-33(43)19-31)38(50)35-22-34(24-45-35)53-25-30-12-8-11-29(17-30)23-44/h5-12,17-19,21,26,34-38,45,50H,4,13-16,20,22,24-25H2,1-3H3,(H,46,51)(H,47,49)/t26-,34-,35-,36+,37+,38+,41+/m1/s1. The van der Waals surface area contributed by atoms with Crippen LogP contribution in [-0.2, 0) is 38.6 Å². The normalized spacial score (nSPS) is 22.1. The number of amides is 3. The minimum absolute atomic E-state index is 0.0890. The number of ether oxygens (including phenoxy) is 1. The van der Waals surface area contributed by atoms with E-state index in [4.69, 9.17) is 4.74 Å². The van der Waals surface area contributed by atoms with Crippen LogP contribution in [0.4, 0.5) is 8.78 Å². The van der Waals surface area contributed by atoms with E-state index in [0.29, 0.717) is 37.8 Å². The first-order chi connectivity index (χ1) is 25.4. The van der Waals surface area contributed by atoms with Crippen molar-refractivity contribution in [3.63, 3.8) is 0 Å². The number of benzene rings is 3. The molecule has 0 aromatic heterocycles.